The zero-order valence-electron chi connectivity index (χ0n) is 11.7. The topological polar surface area (TPSA) is 46.6 Å². The van der Waals surface area contributed by atoms with Crippen LogP contribution in [0.5, 0.6) is 5.75 Å². The lowest BCUT2D eigenvalue weighted by Gasteiger charge is -2.17. The summed E-state index contributed by atoms with van der Waals surface area (Å²) in [7, 11) is 0. The van der Waals surface area contributed by atoms with Crippen LogP contribution in [0.2, 0.25) is 15.1 Å². The molecule has 3 rings (SSSR count). The van der Waals surface area contributed by atoms with E-state index in [0.717, 1.165) is 0 Å². The van der Waals surface area contributed by atoms with Crippen LogP contribution in [0.4, 0.5) is 5.69 Å². The summed E-state index contributed by atoms with van der Waals surface area (Å²) in [6.45, 7) is 0.403. The van der Waals surface area contributed by atoms with E-state index in [2.05, 4.69) is 0 Å². The summed E-state index contributed by atoms with van der Waals surface area (Å²) in [5, 5.41) is 1.30. The van der Waals surface area contributed by atoms with Crippen molar-refractivity contribution in [1.29, 1.82) is 0 Å². The van der Waals surface area contributed by atoms with Crippen LogP contribution in [-0.2, 0) is 4.79 Å². The number of ether oxygens (including phenoxy) is 1. The van der Waals surface area contributed by atoms with E-state index < -0.39 is 11.7 Å². The molecule has 4 nitrogen and oxygen atoms in total. The Morgan fingerprint density at radius 1 is 0.957 bits per heavy atom. The highest BCUT2D eigenvalue weighted by Crippen LogP contribution is 2.31. The second kappa shape index (κ2) is 6.40. The first-order valence-electron chi connectivity index (χ1n) is 6.71. The lowest BCUT2D eigenvalue weighted by molar-refractivity contribution is -0.114. The second-order valence-corrected chi connectivity index (χ2v) is 6.15. The van der Waals surface area contributed by atoms with Crippen LogP contribution in [0, 0.1) is 0 Å². The van der Waals surface area contributed by atoms with E-state index in [1.54, 1.807) is 30.3 Å². The Kier molecular flexibility index (Phi) is 4.48. The number of amides is 1. The number of carbonyl (C=O) groups is 2. The Morgan fingerprint density at radius 2 is 1.65 bits per heavy atom. The zero-order valence-corrected chi connectivity index (χ0v) is 14.0. The number of benzene rings is 2. The fourth-order valence-corrected chi connectivity index (χ4v) is 2.97. The minimum atomic E-state index is -0.590. The van der Waals surface area contributed by atoms with Gasteiger partial charge in [-0.2, -0.15) is 0 Å². The standard InChI is InChI=1S/C16H10Cl3NO3/c17-9-1-3-13-11(7-9)15(21)16(22)20(13)5-6-23-14-4-2-10(18)8-12(14)19/h1-4,7-8H,5-6H2. The first-order valence-corrected chi connectivity index (χ1v) is 7.84. The number of hydrogen-bond acceptors (Lipinski definition) is 3. The van der Waals surface area contributed by atoms with Gasteiger partial charge in [0.15, 0.2) is 0 Å². The van der Waals surface area contributed by atoms with Gasteiger partial charge in [-0.1, -0.05) is 34.8 Å². The van der Waals surface area contributed by atoms with E-state index in [1.807, 2.05) is 0 Å². The third-order valence-electron chi connectivity index (χ3n) is 3.40. The molecule has 0 N–H and O–H groups in total. The predicted octanol–water partition coefficient (Wildman–Crippen LogP) is 4.26. The van der Waals surface area contributed by atoms with E-state index in [4.69, 9.17) is 39.5 Å². The van der Waals surface area contributed by atoms with Crippen LogP contribution in [0.15, 0.2) is 36.4 Å². The minimum absolute atomic E-state index is 0.183. The van der Waals surface area contributed by atoms with Gasteiger partial charge in [-0.15, -0.1) is 0 Å². The quantitative estimate of drug-likeness (QED) is 0.756. The van der Waals surface area contributed by atoms with Crippen molar-refractivity contribution in [2.45, 2.75) is 0 Å². The second-order valence-electron chi connectivity index (χ2n) is 4.87. The number of fused-ring (bicyclic) bond motifs is 1. The molecule has 2 aromatic rings. The van der Waals surface area contributed by atoms with Crippen LogP contribution in [0.3, 0.4) is 0 Å². The maximum atomic E-state index is 12.1. The molecular weight excluding hydrogens is 361 g/mol. The van der Waals surface area contributed by atoms with Crippen molar-refractivity contribution in [3.8, 4) is 5.75 Å². The SMILES string of the molecule is O=C1C(=O)N(CCOc2ccc(Cl)cc2Cl)c2ccc(Cl)cc21. The Hall–Kier alpha value is -1.75. The monoisotopic (exact) mass is 369 g/mol. The van der Waals surface area contributed by atoms with Crippen molar-refractivity contribution < 1.29 is 14.3 Å². The Bertz CT molecular complexity index is 807. The molecule has 7 heteroatoms. The van der Waals surface area contributed by atoms with Crippen LogP contribution in [0.1, 0.15) is 10.4 Å². The zero-order chi connectivity index (χ0) is 16.6. The molecule has 23 heavy (non-hydrogen) atoms. The van der Waals surface area contributed by atoms with Gasteiger partial charge in [0.05, 0.1) is 22.8 Å². The molecule has 0 spiro atoms. The maximum Gasteiger partial charge on any atom is 0.299 e. The van der Waals surface area contributed by atoms with Crippen LogP contribution in [-0.4, -0.2) is 24.8 Å². The number of Topliss-reactive ketones (excluding diaryl/α,β-unsaturated/α-hetero) is 1. The molecule has 1 aliphatic heterocycles. The third kappa shape index (κ3) is 3.15. The summed E-state index contributed by atoms with van der Waals surface area (Å²) in [6, 6.07) is 9.65. The van der Waals surface area contributed by atoms with Gasteiger partial charge in [0, 0.05) is 10.0 Å². The van der Waals surface area contributed by atoms with Crippen molar-refractivity contribution >= 4 is 52.2 Å². The van der Waals surface area contributed by atoms with Gasteiger partial charge < -0.3 is 9.64 Å². The first-order chi connectivity index (χ1) is 11.0. The minimum Gasteiger partial charge on any atom is -0.490 e. The normalized spacial score (nSPS) is 13.4. The van der Waals surface area contributed by atoms with E-state index >= 15 is 0 Å². The van der Waals surface area contributed by atoms with Crippen LogP contribution >= 0.6 is 34.8 Å². The molecule has 0 atom stereocenters. The van der Waals surface area contributed by atoms with Gasteiger partial charge in [0.25, 0.3) is 11.7 Å². The van der Waals surface area contributed by atoms with Crippen molar-refractivity contribution in [3.05, 3.63) is 57.0 Å². The average Bonchev–Trinajstić information content (AvgIpc) is 2.74. The summed E-state index contributed by atoms with van der Waals surface area (Å²) in [4.78, 5) is 25.4. The Balaban J connectivity index is 1.72. The summed E-state index contributed by atoms with van der Waals surface area (Å²) in [5.41, 5.74) is 0.849. The lowest BCUT2D eigenvalue weighted by atomic mass is 10.1. The molecule has 1 amide bonds. The molecule has 0 saturated heterocycles. The number of hydrogen-bond donors (Lipinski definition) is 0. The molecular formula is C16H10Cl3NO3. The van der Waals surface area contributed by atoms with E-state index in [-0.39, 0.29) is 13.2 Å². The lowest BCUT2D eigenvalue weighted by Crippen LogP contribution is -2.33. The summed E-state index contributed by atoms with van der Waals surface area (Å²) in [5.74, 6) is -0.689. The summed E-state index contributed by atoms with van der Waals surface area (Å²) < 4.78 is 5.55. The summed E-state index contributed by atoms with van der Waals surface area (Å²) in [6.07, 6.45) is 0. The van der Waals surface area contributed by atoms with Crippen molar-refractivity contribution in [2.75, 3.05) is 18.1 Å². The van der Waals surface area contributed by atoms with Gasteiger partial charge in [-0.3, -0.25) is 9.59 Å². The van der Waals surface area contributed by atoms with Gasteiger partial charge in [0.1, 0.15) is 12.4 Å². The van der Waals surface area contributed by atoms with Crippen molar-refractivity contribution in [2.24, 2.45) is 0 Å². The fraction of sp³-hybridized carbons (Fsp3) is 0.125. The molecule has 0 aliphatic carbocycles. The van der Waals surface area contributed by atoms with Crippen molar-refractivity contribution in [3.63, 3.8) is 0 Å². The van der Waals surface area contributed by atoms with Gasteiger partial charge >= 0.3 is 0 Å². The number of ketones is 1. The average molecular weight is 371 g/mol. The molecule has 1 heterocycles. The van der Waals surface area contributed by atoms with Gasteiger partial charge in [-0.25, -0.2) is 0 Å². The maximum absolute atomic E-state index is 12.1. The Labute approximate surface area is 147 Å². The number of nitrogens with zero attached hydrogens (tertiary/aromatic N) is 1. The van der Waals surface area contributed by atoms with Crippen molar-refractivity contribution in [1.82, 2.24) is 0 Å². The fourth-order valence-electron chi connectivity index (χ4n) is 2.33. The number of rotatable bonds is 4. The molecule has 2 aromatic carbocycles. The number of halogens is 3. The molecule has 0 radical (unpaired) electrons. The van der Waals surface area contributed by atoms with Gasteiger partial charge in [0.2, 0.25) is 0 Å². The predicted molar refractivity (Wildman–Crippen MR) is 90.1 cm³/mol. The molecule has 0 bridgehead atoms. The third-order valence-corrected chi connectivity index (χ3v) is 4.17. The molecule has 0 saturated carbocycles. The molecule has 1 aliphatic rings. The highest BCUT2D eigenvalue weighted by atomic mass is 35.5. The molecule has 0 fully saturated rings. The largest absolute Gasteiger partial charge is 0.490 e. The van der Waals surface area contributed by atoms with Crippen LogP contribution in [0.25, 0.3) is 0 Å². The smallest absolute Gasteiger partial charge is 0.299 e. The first kappa shape index (κ1) is 16.1. The van der Waals surface area contributed by atoms with Crippen LogP contribution < -0.4 is 9.64 Å². The van der Waals surface area contributed by atoms with E-state index in [1.165, 1.54) is 11.0 Å². The highest BCUT2D eigenvalue weighted by molar-refractivity contribution is 6.52. The number of carbonyl (C=O) groups excluding carboxylic acids is 2. The molecule has 118 valence electrons. The summed E-state index contributed by atoms with van der Waals surface area (Å²) >= 11 is 17.7. The van der Waals surface area contributed by atoms with E-state index in [9.17, 15) is 9.59 Å². The Morgan fingerprint density at radius 3 is 2.39 bits per heavy atom. The molecule has 0 aromatic heterocycles. The van der Waals surface area contributed by atoms with Gasteiger partial charge in [-0.05, 0) is 36.4 Å². The number of anilines is 1. The highest BCUT2D eigenvalue weighted by Gasteiger charge is 2.35. The van der Waals surface area contributed by atoms with E-state index in [0.29, 0.717) is 32.1 Å². The molecule has 0 unspecified atom stereocenters.